The lowest BCUT2D eigenvalue weighted by Gasteiger charge is -2.40. The molecule has 7 nitrogen and oxygen atoms in total. The van der Waals surface area contributed by atoms with E-state index in [9.17, 15) is 14.9 Å². The second-order valence-corrected chi connectivity index (χ2v) is 6.14. The Morgan fingerprint density at radius 3 is 2.27 bits per heavy atom. The van der Waals surface area contributed by atoms with E-state index in [4.69, 9.17) is 9.47 Å². The van der Waals surface area contributed by atoms with Crippen LogP contribution in [0.15, 0.2) is 24.3 Å². The lowest BCUT2D eigenvalue weighted by atomic mass is 9.90. The normalized spacial score (nSPS) is 19.4. The zero-order valence-electron chi connectivity index (χ0n) is 12.9. The molecule has 0 bridgehead atoms. The van der Waals surface area contributed by atoms with Crippen LogP contribution in [0.25, 0.3) is 0 Å². The van der Waals surface area contributed by atoms with Gasteiger partial charge in [0.05, 0.1) is 23.6 Å². The molecule has 120 valence electrons. The van der Waals surface area contributed by atoms with E-state index >= 15 is 0 Å². The molecule has 1 amide bonds. The van der Waals surface area contributed by atoms with Gasteiger partial charge in [-0.2, -0.15) is 0 Å². The molecule has 0 saturated carbocycles. The molecule has 1 N–H and O–H groups in total. The van der Waals surface area contributed by atoms with Crippen LogP contribution in [0.1, 0.15) is 26.3 Å². The molecule has 22 heavy (non-hydrogen) atoms. The van der Waals surface area contributed by atoms with Gasteiger partial charge < -0.3 is 14.8 Å². The number of non-ortho nitro benzene ring substituents is 1. The van der Waals surface area contributed by atoms with E-state index in [0.717, 1.165) is 5.56 Å². The molecule has 1 aliphatic rings. The largest absolute Gasteiger partial charge is 0.351 e. The quantitative estimate of drug-likeness (QED) is 0.678. The molecule has 1 aliphatic heterocycles. The summed E-state index contributed by atoms with van der Waals surface area (Å²) in [6.07, 6.45) is 0. The zero-order chi connectivity index (χ0) is 16.4. The Hall–Kier alpha value is -1.99. The van der Waals surface area contributed by atoms with Gasteiger partial charge in [-0.05, 0) is 26.3 Å². The minimum absolute atomic E-state index is 0.0263. The number of carbonyl (C=O) groups excluding carboxylic acids is 1. The van der Waals surface area contributed by atoms with Crippen molar-refractivity contribution < 1.29 is 19.2 Å². The fourth-order valence-electron chi connectivity index (χ4n) is 2.01. The van der Waals surface area contributed by atoms with Gasteiger partial charge in [0.2, 0.25) is 5.91 Å². The average Bonchev–Trinajstić information content (AvgIpc) is 2.48. The molecule has 7 heteroatoms. The maximum absolute atomic E-state index is 12.3. The molecule has 1 saturated heterocycles. The van der Waals surface area contributed by atoms with Crippen molar-refractivity contribution in [2.45, 2.75) is 33.1 Å². The van der Waals surface area contributed by atoms with Crippen molar-refractivity contribution in [1.29, 1.82) is 0 Å². The van der Waals surface area contributed by atoms with Crippen molar-refractivity contribution in [3.63, 3.8) is 0 Å². The van der Waals surface area contributed by atoms with Gasteiger partial charge in [-0.3, -0.25) is 14.9 Å². The topological polar surface area (TPSA) is 90.7 Å². The summed E-state index contributed by atoms with van der Waals surface area (Å²) in [5, 5.41) is 13.4. The van der Waals surface area contributed by atoms with Gasteiger partial charge in [0.15, 0.2) is 5.79 Å². The Morgan fingerprint density at radius 2 is 1.77 bits per heavy atom. The Kier molecular flexibility index (Phi) is 4.48. The van der Waals surface area contributed by atoms with Crippen LogP contribution in [-0.2, 0) is 20.8 Å². The molecule has 0 spiro atoms. The van der Waals surface area contributed by atoms with E-state index in [1.807, 2.05) is 0 Å². The number of hydrogen-bond acceptors (Lipinski definition) is 5. The summed E-state index contributed by atoms with van der Waals surface area (Å²) in [6.45, 7) is 6.27. The molecule has 0 aliphatic carbocycles. The summed E-state index contributed by atoms with van der Waals surface area (Å²) >= 11 is 0. The average molecular weight is 308 g/mol. The fraction of sp³-hybridized carbons (Fsp3) is 0.533. The number of hydrogen-bond donors (Lipinski definition) is 1. The highest BCUT2D eigenvalue weighted by atomic mass is 16.7. The first-order chi connectivity index (χ1) is 10.2. The summed E-state index contributed by atoms with van der Waals surface area (Å²) in [7, 11) is 0. The zero-order valence-corrected chi connectivity index (χ0v) is 12.9. The van der Waals surface area contributed by atoms with Crippen molar-refractivity contribution in [3.8, 4) is 0 Å². The second-order valence-electron chi connectivity index (χ2n) is 6.14. The third-order valence-electron chi connectivity index (χ3n) is 3.63. The van der Waals surface area contributed by atoms with E-state index in [1.165, 1.54) is 12.1 Å². The predicted octanol–water partition coefficient (Wildman–Crippen LogP) is 2.00. The Morgan fingerprint density at radius 1 is 1.23 bits per heavy atom. The van der Waals surface area contributed by atoms with E-state index in [1.54, 1.807) is 32.9 Å². The first-order valence-corrected chi connectivity index (χ1v) is 7.01. The summed E-state index contributed by atoms with van der Waals surface area (Å²) in [6, 6.07) is 6.08. The molecular weight excluding hydrogens is 288 g/mol. The van der Waals surface area contributed by atoms with Gasteiger partial charge in [-0.15, -0.1) is 0 Å². The number of nitro groups is 1. The number of nitro benzene ring substituents is 1. The van der Waals surface area contributed by atoms with Crippen LogP contribution in [0.5, 0.6) is 0 Å². The molecule has 0 unspecified atom stereocenters. The lowest BCUT2D eigenvalue weighted by molar-refractivity contribution is -0.384. The summed E-state index contributed by atoms with van der Waals surface area (Å²) in [5.41, 5.74) is 0.0786. The fourth-order valence-corrected chi connectivity index (χ4v) is 2.01. The Balaban J connectivity index is 1.91. The van der Waals surface area contributed by atoms with E-state index in [0.29, 0.717) is 6.54 Å². The minimum atomic E-state index is -0.740. The van der Waals surface area contributed by atoms with Crippen LogP contribution in [0.4, 0.5) is 5.69 Å². The number of carbonyl (C=O) groups is 1. The highest BCUT2D eigenvalue weighted by Crippen LogP contribution is 2.29. The number of amides is 1. The summed E-state index contributed by atoms with van der Waals surface area (Å²) < 4.78 is 11.1. The van der Waals surface area contributed by atoms with Gasteiger partial charge in [0.25, 0.3) is 5.69 Å². The van der Waals surface area contributed by atoms with Crippen molar-refractivity contribution in [3.05, 3.63) is 39.9 Å². The monoisotopic (exact) mass is 308 g/mol. The first-order valence-electron chi connectivity index (χ1n) is 7.01. The van der Waals surface area contributed by atoms with Crippen molar-refractivity contribution in [2.24, 2.45) is 5.41 Å². The number of ether oxygens (including phenoxy) is 2. The van der Waals surface area contributed by atoms with Crippen molar-refractivity contribution in [1.82, 2.24) is 5.32 Å². The van der Waals surface area contributed by atoms with E-state index in [-0.39, 0.29) is 24.8 Å². The van der Waals surface area contributed by atoms with Crippen molar-refractivity contribution in [2.75, 3.05) is 13.2 Å². The maximum atomic E-state index is 12.3. The minimum Gasteiger partial charge on any atom is -0.351 e. The molecule has 1 aromatic carbocycles. The van der Waals surface area contributed by atoms with Crippen LogP contribution in [0.2, 0.25) is 0 Å². The lowest BCUT2D eigenvalue weighted by Crippen LogP contribution is -2.52. The first kappa shape index (κ1) is 16.4. The second kappa shape index (κ2) is 6.02. The number of nitrogens with zero attached hydrogens (tertiary/aromatic N) is 1. The predicted molar refractivity (Wildman–Crippen MR) is 79.0 cm³/mol. The van der Waals surface area contributed by atoms with E-state index < -0.39 is 16.1 Å². The van der Waals surface area contributed by atoms with E-state index in [2.05, 4.69) is 5.32 Å². The van der Waals surface area contributed by atoms with Crippen LogP contribution in [-0.4, -0.2) is 29.8 Å². The third kappa shape index (κ3) is 3.80. The number of benzene rings is 1. The van der Waals surface area contributed by atoms with Gasteiger partial charge in [0.1, 0.15) is 0 Å². The van der Waals surface area contributed by atoms with Crippen LogP contribution < -0.4 is 5.32 Å². The SMILES string of the molecule is CC1(C)OCC(C)(C(=O)NCc2ccc([N+](=O)[O-])cc2)CO1. The highest BCUT2D eigenvalue weighted by Gasteiger charge is 2.41. The smallest absolute Gasteiger partial charge is 0.269 e. The molecular formula is C15H20N2O5. The molecule has 0 atom stereocenters. The molecule has 1 aromatic rings. The maximum Gasteiger partial charge on any atom is 0.269 e. The molecule has 1 heterocycles. The van der Waals surface area contributed by atoms with Crippen LogP contribution in [0, 0.1) is 15.5 Å². The Bertz CT molecular complexity index is 558. The molecule has 0 aromatic heterocycles. The van der Waals surface area contributed by atoms with Gasteiger partial charge in [-0.25, -0.2) is 0 Å². The third-order valence-corrected chi connectivity index (χ3v) is 3.63. The Labute approximate surface area is 128 Å². The van der Waals surface area contributed by atoms with Gasteiger partial charge in [0, 0.05) is 18.7 Å². The number of rotatable bonds is 4. The molecule has 0 radical (unpaired) electrons. The van der Waals surface area contributed by atoms with Crippen molar-refractivity contribution >= 4 is 11.6 Å². The summed E-state index contributed by atoms with van der Waals surface area (Å²) in [4.78, 5) is 22.4. The standard InChI is InChI=1S/C15H20N2O5/c1-14(2)21-9-15(3,10-22-14)13(18)16-8-11-4-6-12(7-5-11)17(19)20/h4-7H,8-10H2,1-3H3,(H,16,18). The van der Waals surface area contributed by atoms with Crippen LogP contribution in [0.3, 0.4) is 0 Å². The molecule has 2 rings (SSSR count). The highest BCUT2D eigenvalue weighted by molar-refractivity contribution is 5.82. The number of nitrogens with one attached hydrogen (secondary N) is 1. The molecule has 1 fully saturated rings. The van der Waals surface area contributed by atoms with Gasteiger partial charge >= 0.3 is 0 Å². The summed E-state index contributed by atoms with van der Waals surface area (Å²) in [5.74, 6) is -0.834. The van der Waals surface area contributed by atoms with Crippen LogP contribution >= 0.6 is 0 Å². The van der Waals surface area contributed by atoms with Gasteiger partial charge in [-0.1, -0.05) is 12.1 Å².